The smallest absolute Gasteiger partial charge is 0.338 e. The van der Waals surface area contributed by atoms with Crippen molar-refractivity contribution in [3.8, 4) is 11.5 Å². The zero-order valence-corrected chi connectivity index (χ0v) is 17.8. The zero-order valence-electron chi connectivity index (χ0n) is 17.8. The van der Waals surface area contributed by atoms with Gasteiger partial charge in [-0.05, 0) is 37.1 Å². The van der Waals surface area contributed by atoms with Crippen molar-refractivity contribution in [3.63, 3.8) is 0 Å². The number of amides is 2. The quantitative estimate of drug-likeness (QED) is 0.496. The van der Waals surface area contributed by atoms with E-state index in [1.54, 1.807) is 44.4 Å². The Morgan fingerprint density at radius 1 is 1.13 bits per heavy atom. The molecule has 0 fully saturated rings. The van der Waals surface area contributed by atoms with Gasteiger partial charge in [-0.3, -0.25) is 0 Å². The summed E-state index contributed by atoms with van der Waals surface area (Å²) in [6, 6.07) is 14.0. The molecule has 1 aliphatic heterocycles. The maximum absolute atomic E-state index is 12.7. The van der Waals surface area contributed by atoms with Crippen LogP contribution in [-0.4, -0.2) is 25.7 Å². The Morgan fingerprint density at radius 2 is 1.90 bits per heavy atom. The fraction of sp³-hybridized carbons (Fsp3) is 0.250. The van der Waals surface area contributed by atoms with Gasteiger partial charge in [0.2, 0.25) is 0 Å². The van der Waals surface area contributed by atoms with Crippen LogP contribution in [0.5, 0.6) is 11.5 Å². The standard InChI is InChI=1S/C24H26N2O5/c1-4-5-13-30-23(27)21-16(2)25-24(28)26-22(21)18-11-12-19(20(14-18)29-3)31-15-17-9-7-6-8-10-17/h4-12,14,22H,13,15H2,1-3H3,(H2,25,26,28)/b5-4-/t22-/m0/s1. The summed E-state index contributed by atoms with van der Waals surface area (Å²) < 4.78 is 16.7. The Balaban J connectivity index is 1.85. The summed E-state index contributed by atoms with van der Waals surface area (Å²) >= 11 is 0. The molecule has 0 bridgehead atoms. The molecule has 2 N–H and O–H groups in total. The van der Waals surface area contributed by atoms with Crippen molar-refractivity contribution in [2.24, 2.45) is 0 Å². The van der Waals surface area contributed by atoms with Gasteiger partial charge in [-0.25, -0.2) is 9.59 Å². The number of hydrogen-bond donors (Lipinski definition) is 2. The lowest BCUT2D eigenvalue weighted by molar-refractivity contribution is -0.138. The second kappa shape index (κ2) is 10.3. The molecule has 0 aliphatic carbocycles. The van der Waals surface area contributed by atoms with E-state index < -0.39 is 18.0 Å². The van der Waals surface area contributed by atoms with E-state index in [2.05, 4.69) is 10.6 Å². The highest BCUT2D eigenvalue weighted by Crippen LogP contribution is 2.35. The van der Waals surface area contributed by atoms with Crippen LogP contribution in [0.3, 0.4) is 0 Å². The summed E-state index contributed by atoms with van der Waals surface area (Å²) in [5.74, 6) is 0.560. The van der Waals surface area contributed by atoms with Gasteiger partial charge in [-0.2, -0.15) is 0 Å². The van der Waals surface area contributed by atoms with E-state index in [0.29, 0.717) is 34.9 Å². The molecular formula is C24H26N2O5. The zero-order chi connectivity index (χ0) is 22.2. The van der Waals surface area contributed by atoms with Crippen molar-refractivity contribution in [1.82, 2.24) is 10.6 Å². The maximum Gasteiger partial charge on any atom is 0.338 e. The Kier molecular flexibility index (Phi) is 7.32. The predicted octanol–water partition coefficient (Wildman–Crippen LogP) is 4.02. The van der Waals surface area contributed by atoms with Crippen molar-refractivity contribution in [1.29, 1.82) is 0 Å². The number of esters is 1. The van der Waals surface area contributed by atoms with Crippen LogP contribution in [0.25, 0.3) is 0 Å². The van der Waals surface area contributed by atoms with E-state index in [-0.39, 0.29) is 6.61 Å². The monoisotopic (exact) mass is 422 g/mol. The highest BCUT2D eigenvalue weighted by atomic mass is 16.5. The summed E-state index contributed by atoms with van der Waals surface area (Å²) in [6.07, 6.45) is 3.53. The van der Waals surface area contributed by atoms with Crippen LogP contribution in [0.1, 0.15) is 31.0 Å². The fourth-order valence-corrected chi connectivity index (χ4v) is 3.23. The first-order chi connectivity index (χ1) is 15.0. The van der Waals surface area contributed by atoms with Crippen LogP contribution >= 0.6 is 0 Å². The topological polar surface area (TPSA) is 85.9 Å². The fourth-order valence-electron chi connectivity index (χ4n) is 3.23. The normalized spacial score (nSPS) is 16.0. The Labute approximate surface area is 181 Å². The third kappa shape index (κ3) is 5.45. The molecule has 0 radical (unpaired) electrons. The molecule has 2 aromatic rings. The number of rotatable bonds is 8. The van der Waals surface area contributed by atoms with Crippen molar-refractivity contribution in [3.05, 3.63) is 83.1 Å². The summed E-state index contributed by atoms with van der Waals surface area (Å²) in [7, 11) is 1.54. The number of carbonyl (C=O) groups excluding carboxylic acids is 2. The second-order valence-electron chi connectivity index (χ2n) is 6.92. The summed E-state index contributed by atoms with van der Waals surface area (Å²) in [6.45, 7) is 4.06. The highest BCUT2D eigenvalue weighted by molar-refractivity contribution is 5.95. The van der Waals surface area contributed by atoms with Gasteiger partial charge in [0.25, 0.3) is 0 Å². The largest absolute Gasteiger partial charge is 0.493 e. The van der Waals surface area contributed by atoms with Gasteiger partial charge < -0.3 is 24.8 Å². The van der Waals surface area contributed by atoms with Crippen LogP contribution in [0.2, 0.25) is 0 Å². The summed E-state index contributed by atoms with van der Waals surface area (Å²) in [4.78, 5) is 24.8. The minimum atomic E-state index is -0.677. The molecule has 7 heteroatoms. The first-order valence-electron chi connectivity index (χ1n) is 9.94. The number of ether oxygens (including phenoxy) is 3. The molecule has 0 spiro atoms. The molecule has 31 heavy (non-hydrogen) atoms. The molecule has 0 aromatic heterocycles. The lowest BCUT2D eigenvalue weighted by Crippen LogP contribution is -2.45. The van der Waals surface area contributed by atoms with Crippen LogP contribution < -0.4 is 20.1 Å². The van der Waals surface area contributed by atoms with E-state index in [9.17, 15) is 9.59 Å². The number of allylic oxidation sites excluding steroid dienone is 2. The summed E-state index contributed by atoms with van der Waals surface area (Å²) in [5, 5.41) is 5.42. The van der Waals surface area contributed by atoms with Gasteiger partial charge >= 0.3 is 12.0 Å². The van der Waals surface area contributed by atoms with Crippen molar-refractivity contribution < 1.29 is 23.8 Å². The van der Waals surface area contributed by atoms with Gasteiger partial charge in [0.05, 0.1) is 18.7 Å². The number of hydrogen-bond acceptors (Lipinski definition) is 5. The van der Waals surface area contributed by atoms with Crippen LogP contribution in [0.4, 0.5) is 4.79 Å². The highest BCUT2D eigenvalue weighted by Gasteiger charge is 2.32. The number of methoxy groups -OCH3 is 1. The second-order valence-corrected chi connectivity index (χ2v) is 6.92. The Hall–Kier alpha value is -3.74. The van der Waals surface area contributed by atoms with Gasteiger partial charge in [-0.15, -0.1) is 0 Å². The van der Waals surface area contributed by atoms with Gasteiger partial charge in [0.15, 0.2) is 11.5 Å². The number of carbonyl (C=O) groups is 2. The van der Waals surface area contributed by atoms with E-state index in [1.165, 1.54) is 0 Å². The predicted molar refractivity (Wildman–Crippen MR) is 117 cm³/mol. The molecule has 1 atom stereocenters. The van der Waals surface area contributed by atoms with E-state index >= 15 is 0 Å². The molecule has 162 valence electrons. The maximum atomic E-state index is 12.7. The molecule has 0 unspecified atom stereocenters. The van der Waals surface area contributed by atoms with Gasteiger partial charge in [0.1, 0.15) is 13.2 Å². The third-order valence-corrected chi connectivity index (χ3v) is 4.79. The average Bonchev–Trinajstić information content (AvgIpc) is 2.77. The molecular weight excluding hydrogens is 396 g/mol. The minimum Gasteiger partial charge on any atom is -0.493 e. The molecule has 7 nitrogen and oxygen atoms in total. The first kappa shape index (κ1) is 22.0. The molecule has 2 aromatic carbocycles. The molecule has 1 heterocycles. The molecule has 3 rings (SSSR count). The average molecular weight is 422 g/mol. The minimum absolute atomic E-state index is 0.155. The lowest BCUT2D eigenvalue weighted by Gasteiger charge is -2.28. The van der Waals surface area contributed by atoms with E-state index in [0.717, 1.165) is 5.56 Å². The number of benzene rings is 2. The molecule has 0 saturated heterocycles. The van der Waals surface area contributed by atoms with Crippen LogP contribution in [-0.2, 0) is 16.1 Å². The number of urea groups is 1. The van der Waals surface area contributed by atoms with Crippen LogP contribution in [0.15, 0.2) is 72.0 Å². The van der Waals surface area contributed by atoms with Crippen molar-refractivity contribution in [2.75, 3.05) is 13.7 Å². The van der Waals surface area contributed by atoms with Gasteiger partial charge in [0, 0.05) is 5.70 Å². The Bertz CT molecular complexity index is 998. The number of nitrogens with one attached hydrogen (secondary N) is 2. The molecule has 0 saturated carbocycles. The van der Waals surface area contributed by atoms with E-state index in [4.69, 9.17) is 14.2 Å². The van der Waals surface area contributed by atoms with Crippen molar-refractivity contribution >= 4 is 12.0 Å². The Morgan fingerprint density at radius 3 is 2.61 bits per heavy atom. The van der Waals surface area contributed by atoms with E-state index in [1.807, 2.05) is 37.3 Å². The molecule has 2 amide bonds. The molecule has 1 aliphatic rings. The first-order valence-corrected chi connectivity index (χ1v) is 9.94. The van der Waals surface area contributed by atoms with Gasteiger partial charge in [-0.1, -0.05) is 48.6 Å². The SMILES string of the molecule is C/C=C\COC(=O)C1=C(C)NC(=O)N[C@H]1c1ccc(OCc2ccccc2)c(OC)c1. The van der Waals surface area contributed by atoms with Crippen LogP contribution in [0, 0.1) is 0 Å². The lowest BCUT2D eigenvalue weighted by atomic mass is 9.95. The summed E-state index contributed by atoms with van der Waals surface area (Å²) in [5.41, 5.74) is 2.49. The van der Waals surface area contributed by atoms with Crippen molar-refractivity contribution in [2.45, 2.75) is 26.5 Å². The third-order valence-electron chi connectivity index (χ3n) is 4.79.